The van der Waals surface area contributed by atoms with Crippen molar-refractivity contribution < 1.29 is 8.42 Å². The van der Waals surface area contributed by atoms with Gasteiger partial charge in [-0.15, -0.1) is 0 Å². The normalized spacial score (nSPS) is 18.4. The third kappa shape index (κ3) is 9.01. The van der Waals surface area contributed by atoms with Crippen molar-refractivity contribution in [2.24, 2.45) is 10.9 Å². The number of rotatable bonds is 12. The number of allylic oxidation sites excluding steroid dienone is 5. The minimum atomic E-state index is -3.22. The molecule has 0 saturated heterocycles. The van der Waals surface area contributed by atoms with Crippen molar-refractivity contribution in [1.29, 1.82) is 0 Å². The molecule has 1 aliphatic rings. The third-order valence-electron chi connectivity index (χ3n) is 6.32. The van der Waals surface area contributed by atoms with E-state index in [1.54, 1.807) is 13.3 Å². The molecule has 0 amide bonds. The van der Waals surface area contributed by atoms with Crippen molar-refractivity contribution in [3.8, 4) is 11.4 Å². The second-order valence-electron chi connectivity index (χ2n) is 10.3. The Labute approximate surface area is 233 Å². The summed E-state index contributed by atoms with van der Waals surface area (Å²) in [5.41, 5.74) is 5.49. The summed E-state index contributed by atoms with van der Waals surface area (Å²) >= 11 is 0. The van der Waals surface area contributed by atoms with Gasteiger partial charge in [0.2, 0.25) is 10.0 Å². The number of benzene rings is 1. The van der Waals surface area contributed by atoms with Crippen LogP contribution in [0, 0.1) is 5.92 Å². The quantitative estimate of drug-likeness (QED) is 0.285. The lowest BCUT2D eigenvalue weighted by Gasteiger charge is -2.17. The Morgan fingerprint density at radius 1 is 1.26 bits per heavy atom. The number of aliphatic imine (C=N–C) groups is 1. The van der Waals surface area contributed by atoms with E-state index in [2.05, 4.69) is 34.3 Å². The monoisotopic (exact) mass is 548 g/mol. The van der Waals surface area contributed by atoms with Gasteiger partial charge in [-0.1, -0.05) is 49.1 Å². The van der Waals surface area contributed by atoms with Crippen molar-refractivity contribution in [3.05, 3.63) is 78.7 Å². The van der Waals surface area contributed by atoms with Gasteiger partial charge in [-0.2, -0.15) is 0 Å². The number of anilines is 1. The fourth-order valence-electron chi connectivity index (χ4n) is 4.73. The first-order valence-corrected chi connectivity index (χ1v) is 14.9. The molecule has 1 heterocycles. The molecule has 8 nitrogen and oxygen atoms in total. The third-order valence-corrected chi connectivity index (χ3v) is 7.08. The van der Waals surface area contributed by atoms with Crippen molar-refractivity contribution in [3.63, 3.8) is 0 Å². The zero-order valence-corrected chi connectivity index (χ0v) is 24.4. The summed E-state index contributed by atoms with van der Waals surface area (Å²) in [5.74, 6) is 1.62. The molecule has 39 heavy (non-hydrogen) atoms. The molecule has 1 saturated carbocycles. The SMILES string of the molecule is C=C/C(=C\N(C)C)c1cccc(-c2ncc(C(/C=N\C)=C/C(=C)C)c(NCC3CC[C@H](NS(C)(=O)=O)C3)n2)c1. The van der Waals surface area contributed by atoms with Crippen molar-refractivity contribution in [2.45, 2.75) is 32.2 Å². The maximum absolute atomic E-state index is 11.7. The van der Waals surface area contributed by atoms with Crippen LogP contribution in [0.25, 0.3) is 22.5 Å². The van der Waals surface area contributed by atoms with Crippen LogP contribution >= 0.6 is 0 Å². The molecule has 0 aliphatic heterocycles. The molecule has 0 bridgehead atoms. The molecule has 3 rings (SSSR count). The zero-order valence-electron chi connectivity index (χ0n) is 23.6. The predicted octanol–water partition coefficient (Wildman–Crippen LogP) is 5.02. The first-order valence-electron chi connectivity index (χ1n) is 13.0. The molecule has 2 N–H and O–H groups in total. The Morgan fingerprint density at radius 2 is 2.03 bits per heavy atom. The summed E-state index contributed by atoms with van der Waals surface area (Å²) in [7, 11) is 2.46. The summed E-state index contributed by atoms with van der Waals surface area (Å²) in [6.45, 7) is 10.6. The highest BCUT2D eigenvalue weighted by Crippen LogP contribution is 2.30. The van der Waals surface area contributed by atoms with E-state index in [-0.39, 0.29) is 6.04 Å². The molecule has 1 fully saturated rings. The van der Waals surface area contributed by atoms with Crippen LogP contribution in [-0.4, -0.2) is 69.5 Å². The molecule has 1 aromatic carbocycles. The highest BCUT2D eigenvalue weighted by atomic mass is 32.2. The highest BCUT2D eigenvalue weighted by molar-refractivity contribution is 7.88. The minimum Gasteiger partial charge on any atom is -0.383 e. The fourth-order valence-corrected chi connectivity index (χ4v) is 5.55. The topological polar surface area (TPSA) is 99.6 Å². The van der Waals surface area contributed by atoms with Crippen molar-refractivity contribution >= 4 is 33.2 Å². The average molecular weight is 549 g/mol. The van der Waals surface area contributed by atoms with Crippen LogP contribution in [0.15, 0.2) is 72.5 Å². The fraction of sp³-hybridized carbons (Fsp3) is 0.367. The number of aromatic nitrogens is 2. The molecule has 1 aliphatic carbocycles. The standard InChI is InChI=1S/C30H40N6O2S/c1-8-23(20-36(5)6)24-10-9-11-25(16-24)29-33-19-28(26(18-31-4)14-21(2)3)30(34-29)32-17-22-12-13-27(15-22)35-39(7,37)38/h8-11,14,16,18-20,22,27,35H,1-2,12-13,15,17H2,3-7H3,(H,32,33,34)/b23-20+,26-14+,31-18-/t22?,27-/m0/s1. The maximum Gasteiger partial charge on any atom is 0.208 e. The number of sulfonamides is 1. The molecule has 2 atom stereocenters. The van der Waals surface area contributed by atoms with E-state index in [9.17, 15) is 8.42 Å². The van der Waals surface area contributed by atoms with Crippen molar-refractivity contribution in [1.82, 2.24) is 19.6 Å². The van der Waals surface area contributed by atoms with Gasteiger partial charge in [0, 0.05) is 69.0 Å². The minimum absolute atomic E-state index is 0.0321. The zero-order chi connectivity index (χ0) is 28.6. The van der Waals surface area contributed by atoms with Gasteiger partial charge in [0.05, 0.1) is 6.26 Å². The Bertz CT molecular complexity index is 1390. The van der Waals surface area contributed by atoms with Crippen LogP contribution in [-0.2, 0) is 10.0 Å². The lowest BCUT2D eigenvalue weighted by Crippen LogP contribution is -2.32. The molecule has 1 aromatic heterocycles. The molecule has 9 heteroatoms. The highest BCUT2D eigenvalue weighted by Gasteiger charge is 2.27. The summed E-state index contributed by atoms with van der Waals surface area (Å²) in [5, 5.41) is 3.54. The summed E-state index contributed by atoms with van der Waals surface area (Å²) in [6.07, 6.45) is 13.2. The second-order valence-corrected chi connectivity index (χ2v) is 12.0. The number of hydrogen-bond acceptors (Lipinski definition) is 7. The summed E-state index contributed by atoms with van der Waals surface area (Å²) in [4.78, 5) is 15.9. The van der Waals surface area contributed by atoms with E-state index in [0.29, 0.717) is 24.1 Å². The van der Waals surface area contributed by atoms with E-state index < -0.39 is 10.0 Å². The van der Waals surface area contributed by atoms with E-state index >= 15 is 0 Å². The molecule has 2 aromatic rings. The summed E-state index contributed by atoms with van der Waals surface area (Å²) < 4.78 is 26.1. The number of nitrogens with zero attached hydrogens (tertiary/aromatic N) is 4. The molecular weight excluding hydrogens is 508 g/mol. The van der Waals surface area contributed by atoms with Crippen molar-refractivity contribution in [2.75, 3.05) is 39.3 Å². The Kier molecular flexibility index (Phi) is 10.4. The van der Waals surface area contributed by atoms with Gasteiger partial charge in [-0.05, 0) is 49.3 Å². The lowest BCUT2D eigenvalue weighted by atomic mass is 10.0. The molecule has 208 valence electrons. The predicted molar refractivity (Wildman–Crippen MR) is 164 cm³/mol. The average Bonchev–Trinajstić information content (AvgIpc) is 3.31. The molecular formula is C30H40N6O2S. The molecule has 1 unspecified atom stereocenters. The van der Waals surface area contributed by atoms with Gasteiger partial charge in [0.15, 0.2) is 5.82 Å². The van der Waals surface area contributed by atoms with Crippen LogP contribution in [0.4, 0.5) is 5.82 Å². The first kappa shape index (κ1) is 30.0. The van der Waals surface area contributed by atoms with Gasteiger partial charge in [0.1, 0.15) is 5.82 Å². The van der Waals surface area contributed by atoms with Crippen LogP contribution in [0.1, 0.15) is 37.3 Å². The van der Waals surface area contributed by atoms with E-state index in [0.717, 1.165) is 52.7 Å². The second kappa shape index (κ2) is 13.5. The first-order chi connectivity index (χ1) is 18.5. The van der Waals surface area contributed by atoms with E-state index in [4.69, 9.17) is 9.97 Å². The number of nitrogens with one attached hydrogen (secondary N) is 2. The molecule has 0 spiro atoms. The lowest BCUT2D eigenvalue weighted by molar-refractivity contribution is 0.533. The van der Waals surface area contributed by atoms with Gasteiger partial charge in [-0.3, -0.25) is 4.99 Å². The molecule has 0 radical (unpaired) electrons. The van der Waals surface area contributed by atoms with Gasteiger partial charge < -0.3 is 10.2 Å². The van der Waals surface area contributed by atoms with Crippen LogP contribution in [0.3, 0.4) is 0 Å². The number of hydrogen-bond donors (Lipinski definition) is 2. The van der Waals surface area contributed by atoms with Gasteiger partial charge in [-0.25, -0.2) is 23.1 Å². The Morgan fingerprint density at radius 3 is 2.67 bits per heavy atom. The van der Waals surface area contributed by atoms with Gasteiger partial charge >= 0.3 is 0 Å². The van der Waals surface area contributed by atoms with Gasteiger partial charge in [0.25, 0.3) is 0 Å². The van der Waals surface area contributed by atoms with Crippen LogP contribution in [0.5, 0.6) is 0 Å². The van der Waals surface area contributed by atoms with Crippen LogP contribution in [0.2, 0.25) is 0 Å². The van der Waals surface area contributed by atoms with E-state index in [1.807, 2.05) is 68.7 Å². The van der Waals surface area contributed by atoms with Crippen LogP contribution < -0.4 is 10.0 Å². The van der Waals surface area contributed by atoms with E-state index in [1.165, 1.54) is 6.26 Å². The Balaban J connectivity index is 1.97. The Hall–Kier alpha value is -3.56. The maximum atomic E-state index is 11.7. The smallest absolute Gasteiger partial charge is 0.208 e. The summed E-state index contributed by atoms with van der Waals surface area (Å²) in [6, 6.07) is 8.06. The largest absolute Gasteiger partial charge is 0.383 e.